The summed E-state index contributed by atoms with van der Waals surface area (Å²) in [6.45, 7) is 2.15. The first-order valence-electron chi connectivity index (χ1n) is 7.01. The molecule has 1 aromatic carbocycles. The number of thiophene rings is 1. The van der Waals surface area contributed by atoms with Gasteiger partial charge in [-0.1, -0.05) is 12.1 Å². The van der Waals surface area contributed by atoms with Gasteiger partial charge in [-0.15, -0.1) is 11.3 Å². The summed E-state index contributed by atoms with van der Waals surface area (Å²) < 4.78 is 1.17. The quantitative estimate of drug-likeness (QED) is 0.847. The van der Waals surface area contributed by atoms with Crippen LogP contribution in [0.5, 0.6) is 0 Å². The second-order valence-corrected chi connectivity index (χ2v) is 6.79. The molecule has 0 amide bonds. The monoisotopic (exact) mass is 271 g/mol. The Kier molecular flexibility index (Phi) is 2.54. The van der Waals surface area contributed by atoms with E-state index < -0.39 is 0 Å². The summed E-state index contributed by atoms with van der Waals surface area (Å²) in [4.78, 5) is 12.8. The van der Waals surface area contributed by atoms with Gasteiger partial charge in [-0.25, -0.2) is 0 Å². The molecule has 1 atom stereocenters. The van der Waals surface area contributed by atoms with Crippen LogP contribution in [0.15, 0.2) is 29.6 Å². The highest BCUT2D eigenvalue weighted by Crippen LogP contribution is 2.59. The van der Waals surface area contributed by atoms with Crippen molar-refractivity contribution in [2.45, 2.75) is 19.3 Å². The van der Waals surface area contributed by atoms with E-state index in [0.717, 1.165) is 25.1 Å². The van der Waals surface area contributed by atoms with Gasteiger partial charge in [-0.05, 0) is 60.7 Å². The van der Waals surface area contributed by atoms with Gasteiger partial charge in [0.25, 0.3) is 0 Å². The molecule has 1 aromatic heterocycles. The number of rotatable bonds is 2. The van der Waals surface area contributed by atoms with Crippen molar-refractivity contribution < 1.29 is 4.79 Å². The molecule has 1 aliphatic carbocycles. The highest BCUT2D eigenvalue weighted by Gasteiger charge is 2.57. The van der Waals surface area contributed by atoms with Gasteiger partial charge in [0.1, 0.15) is 0 Å². The van der Waals surface area contributed by atoms with Crippen LogP contribution in [0.4, 0.5) is 0 Å². The normalized spacial score (nSPS) is 24.7. The molecule has 2 aromatic rings. The summed E-state index contributed by atoms with van der Waals surface area (Å²) in [5, 5.41) is 6.68. The molecule has 2 fully saturated rings. The maximum atomic E-state index is 12.8. The summed E-state index contributed by atoms with van der Waals surface area (Å²) in [5.41, 5.74) is 1.29. The van der Waals surface area contributed by atoms with Gasteiger partial charge in [0.05, 0.1) is 0 Å². The van der Waals surface area contributed by atoms with Crippen LogP contribution in [0.2, 0.25) is 0 Å². The Balaban J connectivity index is 1.66. The second-order valence-electron chi connectivity index (χ2n) is 5.88. The molecule has 1 N–H and O–H groups in total. The molecule has 0 bridgehead atoms. The van der Waals surface area contributed by atoms with E-state index in [1.54, 1.807) is 11.3 Å². The van der Waals surface area contributed by atoms with E-state index in [1.165, 1.54) is 22.9 Å². The molecule has 1 saturated carbocycles. The Bertz CT molecular complexity index is 639. The van der Waals surface area contributed by atoms with Crippen molar-refractivity contribution in [3.63, 3.8) is 0 Å². The minimum absolute atomic E-state index is 0.280. The van der Waals surface area contributed by atoms with Crippen molar-refractivity contribution in [3.05, 3.63) is 35.2 Å². The second kappa shape index (κ2) is 4.15. The van der Waals surface area contributed by atoms with Crippen molar-refractivity contribution >= 4 is 27.2 Å². The number of fused-ring (bicyclic) bond motifs is 1. The van der Waals surface area contributed by atoms with E-state index in [9.17, 15) is 4.79 Å². The van der Waals surface area contributed by atoms with Crippen LogP contribution in [0.25, 0.3) is 10.1 Å². The number of benzene rings is 1. The first-order chi connectivity index (χ1) is 9.30. The number of carbonyl (C=O) groups is 1. The zero-order valence-corrected chi connectivity index (χ0v) is 11.6. The smallest absolute Gasteiger partial charge is 0.167 e. The van der Waals surface area contributed by atoms with Gasteiger partial charge in [0.15, 0.2) is 5.78 Å². The molecular weight excluding hydrogens is 254 g/mol. The predicted molar refractivity (Wildman–Crippen MR) is 78.8 cm³/mol. The number of carbonyl (C=O) groups excluding carboxylic acids is 1. The number of piperidine rings is 1. The minimum atomic E-state index is 0.280. The zero-order chi connectivity index (χ0) is 12.9. The molecule has 1 unspecified atom stereocenters. The molecule has 1 spiro atoms. The fourth-order valence-corrected chi connectivity index (χ4v) is 4.49. The Hall–Kier alpha value is -1.19. The minimum Gasteiger partial charge on any atom is -0.317 e. The van der Waals surface area contributed by atoms with Crippen LogP contribution in [0.1, 0.15) is 29.6 Å². The lowest BCUT2D eigenvalue weighted by Crippen LogP contribution is -2.30. The summed E-state index contributed by atoms with van der Waals surface area (Å²) in [5.74, 6) is 0.664. The van der Waals surface area contributed by atoms with Gasteiger partial charge in [-0.3, -0.25) is 4.79 Å². The lowest BCUT2D eigenvalue weighted by atomic mass is 9.89. The molecular formula is C16H17NOS. The largest absolute Gasteiger partial charge is 0.317 e. The number of hydrogen-bond donors (Lipinski definition) is 1. The first kappa shape index (κ1) is 11.6. The molecule has 98 valence electrons. The van der Waals surface area contributed by atoms with E-state index >= 15 is 0 Å². The number of hydrogen-bond acceptors (Lipinski definition) is 3. The molecule has 4 rings (SSSR count). The fourth-order valence-electron chi connectivity index (χ4n) is 3.57. The Morgan fingerprint density at radius 1 is 1.26 bits per heavy atom. The Labute approximate surface area is 116 Å². The average Bonchev–Trinajstić information content (AvgIpc) is 2.92. The van der Waals surface area contributed by atoms with E-state index in [4.69, 9.17) is 0 Å². The van der Waals surface area contributed by atoms with Crippen molar-refractivity contribution in [1.29, 1.82) is 0 Å². The van der Waals surface area contributed by atoms with E-state index in [2.05, 4.69) is 22.8 Å². The molecule has 19 heavy (non-hydrogen) atoms. The highest BCUT2D eigenvalue weighted by atomic mass is 32.1. The van der Waals surface area contributed by atoms with Crippen LogP contribution < -0.4 is 5.32 Å². The average molecular weight is 271 g/mol. The Morgan fingerprint density at radius 3 is 2.95 bits per heavy atom. The topological polar surface area (TPSA) is 29.1 Å². The molecule has 0 radical (unpaired) electrons. The summed E-state index contributed by atoms with van der Waals surface area (Å²) in [6.07, 6.45) is 3.45. The number of nitrogens with one attached hydrogen (secondary N) is 1. The van der Waals surface area contributed by atoms with Crippen LogP contribution >= 0.6 is 11.3 Å². The van der Waals surface area contributed by atoms with E-state index in [1.807, 2.05) is 12.1 Å². The third-order valence-electron chi connectivity index (χ3n) is 4.85. The maximum absolute atomic E-state index is 12.8. The molecule has 2 aliphatic rings. The van der Waals surface area contributed by atoms with Crippen LogP contribution in [-0.4, -0.2) is 18.9 Å². The maximum Gasteiger partial charge on any atom is 0.167 e. The molecule has 2 nitrogen and oxygen atoms in total. The van der Waals surface area contributed by atoms with Gasteiger partial charge >= 0.3 is 0 Å². The van der Waals surface area contributed by atoms with Crippen molar-refractivity contribution in [2.24, 2.45) is 11.3 Å². The summed E-state index contributed by atoms with van der Waals surface area (Å²) >= 11 is 1.69. The van der Waals surface area contributed by atoms with Crippen LogP contribution in [0, 0.1) is 11.3 Å². The van der Waals surface area contributed by atoms with E-state index in [-0.39, 0.29) is 5.92 Å². The SMILES string of the molecule is O=C(c1cccc2ccsc12)C1CC12CCNCC2. The van der Waals surface area contributed by atoms with E-state index in [0.29, 0.717) is 11.2 Å². The van der Waals surface area contributed by atoms with Crippen LogP contribution in [0.3, 0.4) is 0 Å². The van der Waals surface area contributed by atoms with Gasteiger partial charge in [0.2, 0.25) is 0 Å². The standard InChI is InChI=1S/C16H17NOS/c18-14(13-10-16(13)5-7-17-8-6-16)12-3-1-2-11-4-9-19-15(11)12/h1-4,9,13,17H,5-8,10H2. The number of Topliss-reactive ketones (excluding diaryl/α,β-unsaturated/α-hetero) is 1. The third-order valence-corrected chi connectivity index (χ3v) is 5.81. The lowest BCUT2D eigenvalue weighted by Gasteiger charge is -2.23. The van der Waals surface area contributed by atoms with Gasteiger partial charge in [0, 0.05) is 16.2 Å². The molecule has 2 heterocycles. The first-order valence-corrected chi connectivity index (χ1v) is 7.89. The third kappa shape index (κ3) is 1.76. The van der Waals surface area contributed by atoms with Crippen molar-refractivity contribution in [3.8, 4) is 0 Å². The van der Waals surface area contributed by atoms with Crippen LogP contribution in [-0.2, 0) is 0 Å². The summed E-state index contributed by atoms with van der Waals surface area (Å²) in [7, 11) is 0. The molecule has 1 aliphatic heterocycles. The van der Waals surface area contributed by atoms with Gasteiger partial charge in [-0.2, -0.15) is 0 Å². The van der Waals surface area contributed by atoms with Crippen molar-refractivity contribution in [1.82, 2.24) is 5.32 Å². The highest BCUT2D eigenvalue weighted by molar-refractivity contribution is 7.17. The molecule has 3 heteroatoms. The van der Waals surface area contributed by atoms with Crippen molar-refractivity contribution in [2.75, 3.05) is 13.1 Å². The molecule has 1 saturated heterocycles. The fraction of sp³-hybridized carbons (Fsp3) is 0.438. The number of ketones is 1. The predicted octanol–water partition coefficient (Wildman–Crippen LogP) is 3.47. The van der Waals surface area contributed by atoms with Gasteiger partial charge < -0.3 is 5.32 Å². The zero-order valence-electron chi connectivity index (χ0n) is 10.8. The Morgan fingerprint density at radius 2 is 2.11 bits per heavy atom. The summed E-state index contributed by atoms with van der Waals surface area (Å²) in [6, 6.07) is 8.22. The lowest BCUT2D eigenvalue weighted by molar-refractivity contribution is 0.0942.